The van der Waals surface area contributed by atoms with E-state index in [2.05, 4.69) is 14.9 Å². The van der Waals surface area contributed by atoms with Crippen LogP contribution in [0.15, 0.2) is 18.6 Å². The zero-order valence-electron chi connectivity index (χ0n) is 9.63. The molecule has 1 heterocycles. The predicted octanol–water partition coefficient (Wildman–Crippen LogP) is 1.02. The minimum absolute atomic E-state index is 0.359. The van der Waals surface area contributed by atoms with Crippen LogP contribution in [0.2, 0.25) is 0 Å². The topological polar surface area (TPSA) is 66.3 Å². The summed E-state index contributed by atoms with van der Waals surface area (Å²) in [6.45, 7) is 5.73. The predicted molar refractivity (Wildman–Crippen MR) is 59.8 cm³/mol. The number of rotatable bonds is 6. The highest BCUT2D eigenvalue weighted by molar-refractivity contribution is 5.69. The average molecular weight is 223 g/mol. The molecule has 0 bridgehead atoms. The Bertz CT molecular complexity index is 329. The molecule has 0 aliphatic carbocycles. The SMILES string of the molecule is CCN(Cc1ccncn1)CC(C)C(=O)O. The van der Waals surface area contributed by atoms with Crippen molar-refractivity contribution in [2.75, 3.05) is 13.1 Å². The second-order valence-electron chi connectivity index (χ2n) is 3.77. The van der Waals surface area contributed by atoms with E-state index in [1.807, 2.05) is 13.0 Å². The molecule has 0 fully saturated rings. The summed E-state index contributed by atoms with van der Waals surface area (Å²) in [6, 6.07) is 1.84. The first-order valence-electron chi connectivity index (χ1n) is 5.33. The lowest BCUT2D eigenvalue weighted by Crippen LogP contribution is -2.31. The molecule has 0 aromatic carbocycles. The second kappa shape index (κ2) is 6.17. The molecule has 1 aromatic rings. The van der Waals surface area contributed by atoms with Gasteiger partial charge in [0.25, 0.3) is 0 Å². The molecule has 1 N–H and O–H groups in total. The van der Waals surface area contributed by atoms with Crippen molar-refractivity contribution in [2.45, 2.75) is 20.4 Å². The van der Waals surface area contributed by atoms with Crippen LogP contribution in [0.5, 0.6) is 0 Å². The largest absolute Gasteiger partial charge is 0.481 e. The lowest BCUT2D eigenvalue weighted by molar-refractivity contribution is -0.141. The van der Waals surface area contributed by atoms with Gasteiger partial charge in [-0.1, -0.05) is 13.8 Å². The van der Waals surface area contributed by atoms with Crippen LogP contribution in [0.4, 0.5) is 0 Å². The zero-order valence-corrected chi connectivity index (χ0v) is 9.63. The normalized spacial score (nSPS) is 12.7. The molecule has 0 aliphatic rings. The van der Waals surface area contributed by atoms with Crippen LogP contribution in [0, 0.1) is 5.92 Å². The van der Waals surface area contributed by atoms with Gasteiger partial charge in [0.1, 0.15) is 6.33 Å². The van der Waals surface area contributed by atoms with E-state index in [0.717, 1.165) is 12.2 Å². The lowest BCUT2D eigenvalue weighted by Gasteiger charge is -2.21. The average Bonchev–Trinajstić information content (AvgIpc) is 2.29. The Balaban J connectivity index is 2.53. The van der Waals surface area contributed by atoms with Crippen molar-refractivity contribution in [3.63, 3.8) is 0 Å². The Kier molecular flexibility index (Phi) is 4.85. The van der Waals surface area contributed by atoms with Gasteiger partial charge >= 0.3 is 5.97 Å². The maximum atomic E-state index is 10.8. The fourth-order valence-corrected chi connectivity index (χ4v) is 1.41. The van der Waals surface area contributed by atoms with Crippen molar-refractivity contribution in [3.8, 4) is 0 Å². The van der Waals surface area contributed by atoms with Crippen LogP contribution in [0.1, 0.15) is 19.5 Å². The number of hydrogen-bond donors (Lipinski definition) is 1. The van der Waals surface area contributed by atoms with Gasteiger partial charge < -0.3 is 5.11 Å². The molecular weight excluding hydrogens is 206 g/mol. The first-order valence-corrected chi connectivity index (χ1v) is 5.33. The molecule has 1 atom stereocenters. The molecule has 0 aliphatic heterocycles. The van der Waals surface area contributed by atoms with Gasteiger partial charge in [-0.25, -0.2) is 9.97 Å². The number of carbonyl (C=O) groups is 1. The van der Waals surface area contributed by atoms with Crippen LogP contribution in [-0.2, 0) is 11.3 Å². The van der Waals surface area contributed by atoms with Gasteiger partial charge in [-0.15, -0.1) is 0 Å². The fraction of sp³-hybridized carbons (Fsp3) is 0.545. The third-order valence-corrected chi connectivity index (χ3v) is 2.43. The van der Waals surface area contributed by atoms with Crippen LogP contribution in [-0.4, -0.2) is 39.0 Å². The summed E-state index contributed by atoms with van der Waals surface area (Å²) in [6.07, 6.45) is 3.20. The molecule has 1 rings (SSSR count). The minimum atomic E-state index is -0.763. The summed E-state index contributed by atoms with van der Waals surface area (Å²) < 4.78 is 0. The molecule has 16 heavy (non-hydrogen) atoms. The van der Waals surface area contributed by atoms with Crippen molar-refractivity contribution in [1.29, 1.82) is 0 Å². The van der Waals surface area contributed by atoms with Crippen molar-refractivity contribution < 1.29 is 9.90 Å². The standard InChI is InChI=1S/C11H17N3O2/c1-3-14(6-9(2)11(15)16)7-10-4-5-12-8-13-10/h4-5,8-9H,3,6-7H2,1-2H3,(H,15,16). The van der Waals surface area contributed by atoms with E-state index in [9.17, 15) is 4.79 Å². The van der Waals surface area contributed by atoms with Gasteiger partial charge in [-0.05, 0) is 12.6 Å². The molecule has 0 radical (unpaired) electrons. The first-order chi connectivity index (χ1) is 7.63. The van der Waals surface area contributed by atoms with E-state index in [1.165, 1.54) is 6.33 Å². The van der Waals surface area contributed by atoms with Gasteiger partial charge in [0.05, 0.1) is 11.6 Å². The molecular formula is C11H17N3O2. The minimum Gasteiger partial charge on any atom is -0.481 e. The molecule has 1 aromatic heterocycles. The van der Waals surface area contributed by atoms with Crippen molar-refractivity contribution in [3.05, 3.63) is 24.3 Å². The highest BCUT2D eigenvalue weighted by Gasteiger charge is 2.15. The maximum Gasteiger partial charge on any atom is 0.307 e. The number of carboxylic acid groups (broad SMARTS) is 1. The molecule has 0 amide bonds. The third kappa shape index (κ3) is 3.94. The molecule has 5 heteroatoms. The number of aromatic nitrogens is 2. The monoisotopic (exact) mass is 223 g/mol. The van der Waals surface area contributed by atoms with Gasteiger partial charge in [0.15, 0.2) is 0 Å². The highest BCUT2D eigenvalue weighted by atomic mass is 16.4. The molecule has 0 saturated carbocycles. The van der Waals surface area contributed by atoms with Crippen LogP contribution < -0.4 is 0 Å². The van der Waals surface area contributed by atoms with Crippen molar-refractivity contribution >= 4 is 5.97 Å². The van der Waals surface area contributed by atoms with Gasteiger partial charge in [0.2, 0.25) is 0 Å². The van der Waals surface area contributed by atoms with Gasteiger partial charge in [0, 0.05) is 19.3 Å². The Morgan fingerprint density at radius 3 is 2.88 bits per heavy atom. The van der Waals surface area contributed by atoms with Crippen molar-refractivity contribution in [1.82, 2.24) is 14.9 Å². The summed E-state index contributed by atoms with van der Waals surface area (Å²) in [7, 11) is 0. The van der Waals surface area contributed by atoms with E-state index in [-0.39, 0.29) is 5.92 Å². The van der Waals surface area contributed by atoms with Crippen LogP contribution in [0.25, 0.3) is 0 Å². The molecule has 0 saturated heterocycles. The number of hydrogen-bond acceptors (Lipinski definition) is 4. The Morgan fingerprint density at radius 1 is 1.62 bits per heavy atom. The Hall–Kier alpha value is -1.49. The summed E-state index contributed by atoms with van der Waals surface area (Å²) in [5.74, 6) is -1.12. The van der Waals surface area contributed by atoms with E-state index < -0.39 is 5.97 Å². The highest BCUT2D eigenvalue weighted by Crippen LogP contribution is 2.04. The van der Waals surface area contributed by atoms with Gasteiger partial charge in [-0.3, -0.25) is 9.69 Å². The smallest absolute Gasteiger partial charge is 0.307 e. The third-order valence-electron chi connectivity index (χ3n) is 2.43. The molecule has 0 spiro atoms. The molecule has 88 valence electrons. The van der Waals surface area contributed by atoms with Crippen LogP contribution in [0.3, 0.4) is 0 Å². The maximum absolute atomic E-state index is 10.8. The van der Waals surface area contributed by atoms with E-state index in [4.69, 9.17) is 5.11 Å². The summed E-state index contributed by atoms with van der Waals surface area (Å²) in [5.41, 5.74) is 0.912. The van der Waals surface area contributed by atoms with Crippen LogP contribution >= 0.6 is 0 Å². The van der Waals surface area contributed by atoms with E-state index >= 15 is 0 Å². The summed E-state index contributed by atoms with van der Waals surface area (Å²) >= 11 is 0. The van der Waals surface area contributed by atoms with Crippen molar-refractivity contribution in [2.24, 2.45) is 5.92 Å². The second-order valence-corrected chi connectivity index (χ2v) is 3.77. The number of nitrogens with zero attached hydrogens (tertiary/aromatic N) is 3. The number of carboxylic acids is 1. The fourth-order valence-electron chi connectivity index (χ4n) is 1.41. The molecule has 1 unspecified atom stereocenters. The lowest BCUT2D eigenvalue weighted by atomic mass is 10.1. The zero-order chi connectivity index (χ0) is 12.0. The summed E-state index contributed by atoms with van der Waals surface area (Å²) in [5, 5.41) is 8.84. The molecule has 5 nitrogen and oxygen atoms in total. The number of aliphatic carboxylic acids is 1. The Morgan fingerprint density at radius 2 is 2.38 bits per heavy atom. The Labute approximate surface area is 95.1 Å². The quantitative estimate of drug-likeness (QED) is 0.780. The summed E-state index contributed by atoms with van der Waals surface area (Å²) in [4.78, 5) is 20.8. The first kappa shape index (κ1) is 12.6. The van der Waals surface area contributed by atoms with E-state index in [1.54, 1.807) is 13.1 Å². The van der Waals surface area contributed by atoms with E-state index in [0.29, 0.717) is 13.1 Å². The van der Waals surface area contributed by atoms with Gasteiger partial charge in [-0.2, -0.15) is 0 Å².